The molecule has 0 bridgehead atoms. The molecule has 0 unspecified atom stereocenters. The van der Waals surface area contributed by atoms with Gasteiger partial charge in [0.25, 0.3) is 10.0 Å². The van der Waals surface area contributed by atoms with Crippen LogP contribution in [0.5, 0.6) is 0 Å². The Morgan fingerprint density at radius 1 is 1.29 bits per heavy atom. The van der Waals surface area contributed by atoms with Gasteiger partial charge in [-0.25, -0.2) is 0 Å². The summed E-state index contributed by atoms with van der Waals surface area (Å²) < 4.78 is 26.5. The van der Waals surface area contributed by atoms with Crippen LogP contribution in [0.15, 0.2) is 33.6 Å². The van der Waals surface area contributed by atoms with Crippen LogP contribution in [0.1, 0.15) is 18.9 Å². The van der Waals surface area contributed by atoms with Crippen molar-refractivity contribution in [3.05, 3.63) is 29.8 Å². The SMILES string of the molecule is CC/C=N\S(=O)(=O)c1ccc(C)cc1. The normalized spacial score (nSPS) is 12.1. The first-order chi connectivity index (χ1) is 6.56. The number of hydrogen-bond donors (Lipinski definition) is 0. The Labute approximate surface area is 84.5 Å². The summed E-state index contributed by atoms with van der Waals surface area (Å²) in [6.45, 7) is 3.75. The molecular weight excluding hydrogens is 198 g/mol. The molecule has 0 radical (unpaired) electrons. The fraction of sp³-hybridized carbons (Fsp3) is 0.300. The van der Waals surface area contributed by atoms with Gasteiger partial charge in [-0.2, -0.15) is 12.8 Å². The number of sulfonamides is 1. The van der Waals surface area contributed by atoms with Crippen molar-refractivity contribution in [2.24, 2.45) is 4.40 Å². The van der Waals surface area contributed by atoms with Crippen LogP contribution < -0.4 is 0 Å². The first-order valence-electron chi connectivity index (χ1n) is 4.41. The molecule has 14 heavy (non-hydrogen) atoms. The number of hydrogen-bond acceptors (Lipinski definition) is 2. The molecular formula is C10H13NO2S. The van der Waals surface area contributed by atoms with Crippen molar-refractivity contribution < 1.29 is 8.42 Å². The second kappa shape index (κ2) is 4.37. The smallest absolute Gasteiger partial charge is 0.199 e. The maximum atomic E-state index is 11.5. The van der Waals surface area contributed by atoms with Gasteiger partial charge in [0, 0.05) is 6.21 Å². The van der Waals surface area contributed by atoms with E-state index in [4.69, 9.17) is 0 Å². The second-order valence-electron chi connectivity index (χ2n) is 2.98. The van der Waals surface area contributed by atoms with Gasteiger partial charge in [-0.3, -0.25) is 0 Å². The standard InChI is InChI=1S/C10H13NO2S/c1-3-8-11-14(12,13)10-6-4-9(2)5-7-10/h4-8H,3H2,1-2H3/b11-8-. The number of aryl methyl sites for hydroxylation is 1. The molecule has 4 heteroatoms. The molecule has 0 atom stereocenters. The van der Waals surface area contributed by atoms with E-state index in [0.29, 0.717) is 6.42 Å². The van der Waals surface area contributed by atoms with E-state index < -0.39 is 10.0 Å². The molecule has 0 N–H and O–H groups in total. The zero-order valence-corrected chi connectivity index (χ0v) is 9.08. The molecule has 1 aromatic rings. The van der Waals surface area contributed by atoms with Crippen molar-refractivity contribution in [3.63, 3.8) is 0 Å². The first-order valence-corrected chi connectivity index (χ1v) is 5.86. The van der Waals surface area contributed by atoms with Crippen molar-refractivity contribution in [2.45, 2.75) is 25.2 Å². The minimum atomic E-state index is -3.47. The molecule has 0 aliphatic heterocycles. The number of rotatable bonds is 3. The molecule has 76 valence electrons. The van der Waals surface area contributed by atoms with Crippen LogP contribution in [0.3, 0.4) is 0 Å². The Kier molecular flexibility index (Phi) is 3.41. The highest BCUT2D eigenvalue weighted by Crippen LogP contribution is 2.12. The largest absolute Gasteiger partial charge is 0.281 e. The summed E-state index contributed by atoms with van der Waals surface area (Å²) in [6, 6.07) is 6.65. The van der Waals surface area contributed by atoms with E-state index in [1.807, 2.05) is 13.8 Å². The molecule has 0 spiro atoms. The van der Waals surface area contributed by atoms with E-state index in [-0.39, 0.29) is 4.90 Å². The average molecular weight is 211 g/mol. The summed E-state index contributed by atoms with van der Waals surface area (Å²) in [5.41, 5.74) is 1.03. The zero-order chi connectivity index (χ0) is 10.6. The molecule has 0 heterocycles. The van der Waals surface area contributed by atoms with E-state index in [2.05, 4.69) is 4.40 Å². The van der Waals surface area contributed by atoms with Crippen LogP contribution in [0.4, 0.5) is 0 Å². The maximum Gasteiger partial charge on any atom is 0.281 e. The van der Waals surface area contributed by atoms with Gasteiger partial charge in [0.15, 0.2) is 0 Å². The quantitative estimate of drug-likeness (QED) is 0.719. The van der Waals surface area contributed by atoms with Crippen molar-refractivity contribution in [1.29, 1.82) is 0 Å². The predicted octanol–water partition coefficient (Wildman–Crippen LogP) is 2.16. The van der Waals surface area contributed by atoms with E-state index >= 15 is 0 Å². The van der Waals surface area contributed by atoms with Crippen molar-refractivity contribution in [2.75, 3.05) is 0 Å². The Balaban J connectivity index is 3.05. The molecule has 0 amide bonds. The lowest BCUT2D eigenvalue weighted by Crippen LogP contribution is -1.96. The van der Waals surface area contributed by atoms with Gasteiger partial charge in [0.05, 0.1) is 4.90 Å². The Morgan fingerprint density at radius 3 is 2.36 bits per heavy atom. The van der Waals surface area contributed by atoms with E-state index in [1.54, 1.807) is 24.3 Å². The van der Waals surface area contributed by atoms with E-state index in [0.717, 1.165) is 5.56 Å². The minimum absolute atomic E-state index is 0.243. The molecule has 0 aromatic heterocycles. The molecule has 0 saturated carbocycles. The highest BCUT2D eigenvalue weighted by Gasteiger charge is 2.09. The lowest BCUT2D eigenvalue weighted by atomic mass is 10.2. The van der Waals surface area contributed by atoms with Gasteiger partial charge >= 0.3 is 0 Å². The summed E-state index contributed by atoms with van der Waals surface area (Å²) in [5, 5.41) is 0. The van der Waals surface area contributed by atoms with Crippen molar-refractivity contribution in [1.82, 2.24) is 0 Å². The maximum absolute atomic E-state index is 11.5. The van der Waals surface area contributed by atoms with Crippen molar-refractivity contribution in [3.8, 4) is 0 Å². The van der Waals surface area contributed by atoms with Crippen LogP contribution in [-0.4, -0.2) is 14.6 Å². The summed E-state index contributed by atoms with van der Waals surface area (Å²) >= 11 is 0. The first kappa shape index (κ1) is 10.9. The fourth-order valence-corrected chi connectivity index (χ4v) is 1.89. The Morgan fingerprint density at radius 2 is 1.86 bits per heavy atom. The third-order valence-electron chi connectivity index (χ3n) is 1.71. The van der Waals surface area contributed by atoms with Gasteiger partial charge in [0.1, 0.15) is 0 Å². The second-order valence-corrected chi connectivity index (χ2v) is 4.62. The molecule has 0 fully saturated rings. The minimum Gasteiger partial charge on any atom is -0.199 e. The fourth-order valence-electron chi connectivity index (χ4n) is 0.944. The number of nitrogens with zero attached hydrogens (tertiary/aromatic N) is 1. The highest BCUT2D eigenvalue weighted by molar-refractivity contribution is 7.90. The van der Waals surface area contributed by atoms with Crippen LogP contribution in [0.2, 0.25) is 0 Å². The van der Waals surface area contributed by atoms with Crippen LogP contribution in [-0.2, 0) is 10.0 Å². The van der Waals surface area contributed by atoms with Gasteiger partial charge in [-0.05, 0) is 25.5 Å². The molecule has 1 aromatic carbocycles. The predicted molar refractivity (Wildman–Crippen MR) is 57.1 cm³/mol. The van der Waals surface area contributed by atoms with Gasteiger partial charge in [0.2, 0.25) is 0 Å². The number of benzene rings is 1. The Hall–Kier alpha value is -1.16. The topological polar surface area (TPSA) is 46.5 Å². The average Bonchev–Trinajstić information content (AvgIpc) is 2.16. The van der Waals surface area contributed by atoms with E-state index in [9.17, 15) is 8.42 Å². The van der Waals surface area contributed by atoms with Crippen molar-refractivity contribution >= 4 is 16.2 Å². The highest BCUT2D eigenvalue weighted by atomic mass is 32.2. The lowest BCUT2D eigenvalue weighted by Gasteiger charge is -1.98. The summed E-state index contributed by atoms with van der Waals surface area (Å²) in [4.78, 5) is 0.243. The summed E-state index contributed by atoms with van der Waals surface area (Å²) in [5.74, 6) is 0. The van der Waals surface area contributed by atoms with Crippen LogP contribution in [0, 0.1) is 6.92 Å². The van der Waals surface area contributed by atoms with Gasteiger partial charge in [-0.1, -0.05) is 24.6 Å². The zero-order valence-electron chi connectivity index (χ0n) is 8.27. The summed E-state index contributed by atoms with van der Waals surface area (Å²) in [6.07, 6.45) is 2.01. The summed E-state index contributed by atoms with van der Waals surface area (Å²) in [7, 11) is -3.47. The third kappa shape index (κ3) is 2.67. The van der Waals surface area contributed by atoms with Gasteiger partial charge in [-0.15, -0.1) is 0 Å². The van der Waals surface area contributed by atoms with E-state index in [1.165, 1.54) is 6.21 Å². The third-order valence-corrected chi connectivity index (χ3v) is 3.01. The Bertz CT molecular complexity index is 418. The van der Waals surface area contributed by atoms with Crippen LogP contribution >= 0.6 is 0 Å². The lowest BCUT2D eigenvalue weighted by molar-refractivity contribution is 0.598. The monoisotopic (exact) mass is 211 g/mol. The molecule has 1 rings (SSSR count). The molecule has 0 saturated heterocycles. The molecule has 3 nitrogen and oxygen atoms in total. The molecule has 0 aliphatic rings. The molecule has 0 aliphatic carbocycles. The van der Waals surface area contributed by atoms with Gasteiger partial charge < -0.3 is 0 Å². The van der Waals surface area contributed by atoms with Crippen LogP contribution in [0.25, 0.3) is 0 Å².